The monoisotopic (exact) mass is 393 g/mol. The highest BCUT2D eigenvalue weighted by atomic mass is 16.6. The van der Waals surface area contributed by atoms with Crippen molar-refractivity contribution in [3.63, 3.8) is 0 Å². The molecule has 1 aliphatic rings. The van der Waals surface area contributed by atoms with Crippen LogP contribution in [0.2, 0.25) is 0 Å². The van der Waals surface area contributed by atoms with Crippen molar-refractivity contribution in [2.75, 3.05) is 7.11 Å². The molecule has 148 valence electrons. The summed E-state index contributed by atoms with van der Waals surface area (Å²) < 4.78 is 10.9. The van der Waals surface area contributed by atoms with Crippen LogP contribution < -0.4 is 4.74 Å². The fraction of sp³-hybridized carbons (Fsp3) is 0.238. The quantitative estimate of drug-likeness (QED) is 0.484. The highest BCUT2D eigenvalue weighted by molar-refractivity contribution is 6.05. The molecule has 0 bridgehead atoms. The maximum absolute atomic E-state index is 13.1. The number of carbonyl (C=O) groups excluding carboxylic acids is 1. The van der Waals surface area contributed by atoms with Gasteiger partial charge in [0.25, 0.3) is 5.69 Å². The van der Waals surface area contributed by atoms with Gasteiger partial charge in [0, 0.05) is 29.5 Å². The molecular weight excluding hydrogens is 374 g/mol. The molecular formula is C21H19N3O5. The van der Waals surface area contributed by atoms with E-state index in [4.69, 9.17) is 9.15 Å². The van der Waals surface area contributed by atoms with Crippen molar-refractivity contribution in [3.05, 3.63) is 70.0 Å². The second-order valence-corrected chi connectivity index (χ2v) is 7.47. The third-order valence-electron chi connectivity index (χ3n) is 4.91. The van der Waals surface area contributed by atoms with Crippen molar-refractivity contribution < 1.29 is 18.9 Å². The molecule has 1 aliphatic heterocycles. The molecule has 8 nitrogen and oxygen atoms in total. The first-order valence-corrected chi connectivity index (χ1v) is 9.03. The van der Waals surface area contributed by atoms with Gasteiger partial charge in [-0.25, -0.2) is 5.01 Å². The highest BCUT2D eigenvalue weighted by Crippen LogP contribution is 2.33. The summed E-state index contributed by atoms with van der Waals surface area (Å²) in [6.07, 6.45) is 0.567. The number of non-ortho nitro benzene ring substituents is 1. The molecule has 0 spiro atoms. The Morgan fingerprint density at radius 3 is 2.76 bits per heavy atom. The fourth-order valence-electron chi connectivity index (χ4n) is 3.41. The molecule has 0 saturated heterocycles. The number of hydrogen-bond acceptors (Lipinski definition) is 6. The summed E-state index contributed by atoms with van der Waals surface area (Å²) in [7, 11) is 1.60. The molecule has 4 rings (SSSR count). The summed E-state index contributed by atoms with van der Waals surface area (Å²) in [6.45, 7) is 3.85. The summed E-state index contributed by atoms with van der Waals surface area (Å²) in [4.78, 5) is 23.6. The van der Waals surface area contributed by atoms with Crippen LogP contribution in [-0.2, 0) is 0 Å². The molecule has 1 aromatic heterocycles. The van der Waals surface area contributed by atoms with Gasteiger partial charge in [-0.3, -0.25) is 14.9 Å². The summed E-state index contributed by atoms with van der Waals surface area (Å²) >= 11 is 0. The van der Waals surface area contributed by atoms with Crippen molar-refractivity contribution >= 4 is 28.3 Å². The van der Waals surface area contributed by atoms with E-state index >= 15 is 0 Å². The molecule has 3 aromatic rings. The van der Waals surface area contributed by atoms with Crippen molar-refractivity contribution in [2.24, 2.45) is 5.10 Å². The van der Waals surface area contributed by atoms with Gasteiger partial charge in [0.2, 0.25) is 0 Å². The molecule has 29 heavy (non-hydrogen) atoms. The lowest BCUT2D eigenvalue weighted by atomic mass is 9.94. The van der Waals surface area contributed by atoms with Gasteiger partial charge in [-0.15, -0.1) is 0 Å². The van der Waals surface area contributed by atoms with E-state index in [0.717, 1.165) is 11.3 Å². The lowest BCUT2D eigenvalue weighted by molar-refractivity contribution is -0.384. The van der Waals surface area contributed by atoms with Crippen LogP contribution in [0.5, 0.6) is 5.75 Å². The van der Waals surface area contributed by atoms with E-state index in [2.05, 4.69) is 5.10 Å². The molecule has 1 amide bonds. The van der Waals surface area contributed by atoms with Crippen molar-refractivity contribution in [3.8, 4) is 5.75 Å². The summed E-state index contributed by atoms with van der Waals surface area (Å²) in [5.41, 5.74) is 1.45. The van der Waals surface area contributed by atoms with Crippen LogP contribution in [0, 0.1) is 10.1 Å². The van der Waals surface area contributed by atoms with Gasteiger partial charge in [-0.05, 0) is 38.1 Å². The minimum atomic E-state index is -0.555. The van der Waals surface area contributed by atoms with Crippen molar-refractivity contribution in [1.82, 2.24) is 5.01 Å². The van der Waals surface area contributed by atoms with Crippen LogP contribution in [0.25, 0.3) is 11.0 Å². The van der Waals surface area contributed by atoms with E-state index in [1.165, 1.54) is 29.3 Å². The third-order valence-corrected chi connectivity index (χ3v) is 4.91. The standard InChI is InChI=1S/C21H19N3O5/c1-21(2)12-17(13-5-4-6-16(10-13)28-3)22-23(21)20(25)19-11-14-9-15(24(26)27)7-8-18(14)29-19/h4-11H,12H2,1-3H3. The molecule has 0 radical (unpaired) electrons. The van der Waals surface area contributed by atoms with Crippen LogP contribution in [-0.4, -0.2) is 34.2 Å². The number of carbonyl (C=O) groups is 1. The Hall–Kier alpha value is -3.68. The maximum Gasteiger partial charge on any atom is 0.310 e. The van der Waals surface area contributed by atoms with Crippen LogP contribution in [0.3, 0.4) is 0 Å². The average molecular weight is 393 g/mol. The molecule has 0 unspecified atom stereocenters. The zero-order chi connectivity index (χ0) is 20.8. The number of amides is 1. The predicted octanol–water partition coefficient (Wildman–Crippen LogP) is 4.38. The van der Waals surface area contributed by atoms with Crippen LogP contribution in [0.15, 0.2) is 58.0 Å². The van der Waals surface area contributed by atoms with Crippen molar-refractivity contribution in [2.45, 2.75) is 25.8 Å². The lowest BCUT2D eigenvalue weighted by Gasteiger charge is -2.27. The van der Waals surface area contributed by atoms with Gasteiger partial charge in [-0.1, -0.05) is 12.1 Å². The normalized spacial score (nSPS) is 15.4. The number of nitro groups is 1. The van der Waals surface area contributed by atoms with Gasteiger partial charge in [0.15, 0.2) is 5.76 Å². The summed E-state index contributed by atoms with van der Waals surface area (Å²) in [6, 6.07) is 13.3. The second-order valence-electron chi connectivity index (χ2n) is 7.47. The van der Waals surface area contributed by atoms with Gasteiger partial charge in [-0.2, -0.15) is 5.10 Å². The van der Waals surface area contributed by atoms with E-state index < -0.39 is 16.4 Å². The number of methoxy groups -OCH3 is 1. The van der Waals surface area contributed by atoms with E-state index in [9.17, 15) is 14.9 Å². The molecule has 0 saturated carbocycles. The SMILES string of the molecule is COc1cccc(C2=NN(C(=O)c3cc4cc([N+](=O)[O-])ccc4o3)C(C)(C)C2)c1. The predicted molar refractivity (Wildman–Crippen MR) is 107 cm³/mol. The Labute approximate surface area is 166 Å². The van der Waals surface area contributed by atoms with Gasteiger partial charge in [0.1, 0.15) is 11.3 Å². The van der Waals surface area contributed by atoms with Gasteiger partial charge >= 0.3 is 5.91 Å². The largest absolute Gasteiger partial charge is 0.497 e. The Balaban J connectivity index is 1.69. The summed E-state index contributed by atoms with van der Waals surface area (Å²) in [5, 5.41) is 17.4. The van der Waals surface area contributed by atoms with E-state index in [0.29, 0.717) is 23.1 Å². The van der Waals surface area contributed by atoms with E-state index in [-0.39, 0.29) is 11.4 Å². The highest BCUT2D eigenvalue weighted by Gasteiger charge is 2.40. The van der Waals surface area contributed by atoms with Crippen molar-refractivity contribution in [1.29, 1.82) is 0 Å². The minimum absolute atomic E-state index is 0.0582. The molecule has 0 fully saturated rings. The van der Waals surface area contributed by atoms with E-state index in [1.807, 2.05) is 38.1 Å². The molecule has 2 aromatic carbocycles. The smallest absolute Gasteiger partial charge is 0.310 e. The Kier molecular flexibility index (Phi) is 4.34. The summed E-state index contributed by atoms with van der Waals surface area (Å²) in [5.74, 6) is 0.405. The number of benzene rings is 2. The zero-order valence-electron chi connectivity index (χ0n) is 16.2. The van der Waals surface area contributed by atoms with Gasteiger partial charge in [0.05, 0.1) is 23.3 Å². The van der Waals surface area contributed by atoms with Gasteiger partial charge < -0.3 is 9.15 Å². The first kappa shape index (κ1) is 18.7. The zero-order valence-corrected chi connectivity index (χ0v) is 16.2. The Morgan fingerprint density at radius 2 is 2.03 bits per heavy atom. The third kappa shape index (κ3) is 3.33. The number of hydrazone groups is 1. The number of furan rings is 1. The molecule has 0 atom stereocenters. The van der Waals surface area contributed by atoms with E-state index in [1.54, 1.807) is 7.11 Å². The first-order chi connectivity index (χ1) is 13.8. The topological polar surface area (TPSA) is 98.2 Å². The Morgan fingerprint density at radius 1 is 1.24 bits per heavy atom. The molecule has 2 heterocycles. The van der Waals surface area contributed by atoms with Crippen LogP contribution >= 0.6 is 0 Å². The van der Waals surface area contributed by atoms with Crippen LogP contribution in [0.4, 0.5) is 5.69 Å². The number of nitrogens with zero attached hydrogens (tertiary/aromatic N) is 3. The Bertz CT molecular complexity index is 1160. The van der Waals surface area contributed by atoms with Crippen LogP contribution in [0.1, 0.15) is 36.4 Å². The number of nitro benzene ring substituents is 1. The number of rotatable bonds is 4. The molecule has 0 N–H and O–H groups in total. The minimum Gasteiger partial charge on any atom is -0.497 e. The number of hydrogen-bond donors (Lipinski definition) is 0. The lowest BCUT2D eigenvalue weighted by Crippen LogP contribution is -2.40. The molecule has 0 aliphatic carbocycles. The number of ether oxygens (including phenoxy) is 1. The molecule has 8 heteroatoms. The first-order valence-electron chi connectivity index (χ1n) is 9.03. The fourth-order valence-corrected chi connectivity index (χ4v) is 3.41. The average Bonchev–Trinajstić information content (AvgIpc) is 3.27. The number of fused-ring (bicyclic) bond motifs is 1. The second kappa shape index (κ2) is 6.73. The maximum atomic E-state index is 13.1.